The fourth-order valence-corrected chi connectivity index (χ4v) is 1.76. The monoisotopic (exact) mass is 280 g/mol. The molecule has 0 aliphatic carbocycles. The van der Waals surface area contributed by atoms with Gasteiger partial charge >= 0.3 is 0 Å². The van der Waals surface area contributed by atoms with Crippen molar-refractivity contribution in [1.29, 1.82) is 0 Å². The highest BCUT2D eigenvalue weighted by molar-refractivity contribution is 9.10. The Morgan fingerprint density at radius 3 is 2.75 bits per heavy atom. The van der Waals surface area contributed by atoms with Crippen LogP contribution in [0.25, 0.3) is 11.3 Å². The van der Waals surface area contributed by atoms with Crippen LogP contribution in [-0.4, -0.2) is 15.2 Å². The van der Waals surface area contributed by atoms with Gasteiger partial charge in [-0.1, -0.05) is 13.8 Å². The van der Waals surface area contributed by atoms with Crippen molar-refractivity contribution in [1.82, 2.24) is 15.2 Å². The third-order valence-corrected chi connectivity index (χ3v) is 2.81. The molecular formula is C11H13BrN4. The summed E-state index contributed by atoms with van der Waals surface area (Å²) in [6.45, 7) is 4.22. The lowest BCUT2D eigenvalue weighted by Crippen LogP contribution is -1.93. The van der Waals surface area contributed by atoms with Crippen LogP contribution in [0.1, 0.15) is 25.5 Å². The third-order valence-electron chi connectivity index (χ3n) is 2.38. The fraction of sp³-hybridized carbons (Fsp3) is 0.273. The molecule has 0 unspecified atom stereocenters. The van der Waals surface area contributed by atoms with Crippen molar-refractivity contribution in [2.45, 2.75) is 19.8 Å². The second kappa shape index (κ2) is 4.25. The number of pyridine rings is 1. The van der Waals surface area contributed by atoms with Crippen molar-refractivity contribution >= 4 is 21.7 Å². The average Bonchev–Trinajstić information content (AvgIpc) is 2.70. The van der Waals surface area contributed by atoms with E-state index in [1.165, 1.54) is 0 Å². The van der Waals surface area contributed by atoms with E-state index in [2.05, 4.69) is 45.0 Å². The first-order chi connectivity index (χ1) is 7.58. The minimum Gasteiger partial charge on any atom is -0.383 e. The van der Waals surface area contributed by atoms with Gasteiger partial charge in [0.15, 0.2) is 0 Å². The molecule has 5 heteroatoms. The first kappa shape index (κ1) is 11.1. The number of nitrogens with two attached hydrogens (primary N) is 1. The summed E-state index contributed by atoms with van der Waals surface area (Å²) in [6, 6.07) is 3.92. The molecule has 0 spiro atoms. The van der Waals surface area contributed by atoms with Gasteiger partial charge in [-0.15, -0.1) is 0 Å². The van der Waals surface area contributed by atoms with Crippen molar-refractivity contribution in [2.75, 3.05) is 5.73 Å². The third kappa shape index (κ3) is 2.09. The zero-order chi connectivity index (χ0) is 11.7. The van der Waals surface area contributed by atoms with E-state index in [1.54, 1.807) is 6.20 Å². The lowest BCUT2D eigenvalue weighted by Gasteiger charge is -2.01. The molecule has 2 heterocycles. The fourth-order valence-electron chi connectivity index (χ4n) is 1.43. The molecule has 0 saturated heterocycles. The van der Waals surface area contributed by atoms with Crippen LogP contribution < -0.4 is 5.73 Å². The summed E-state index contributed by atoms with van der Waals surface area (Å²) in [7, 11) is 0. The molecule has 0 saturated carbocycles. The number of hydrogen-bond acceptors (Lipinski definition) is 3. The number of nitrogens with zero attached hydrogens (tertiary/aromatic N) is 2. The lowest BCUT2D eigenvalue weighted by atomic mass is 10.1. The van der Waals surface area contributed by atoms with Gasteiger partial charge in [-0.3, -0.25) is 5.10 Å². The molecule has 0 radical (unpaired) electrons. The van der Waals surface area contributed by atoms with Crippen molar-refractivity contribution in [3.05, 3.63) is 28.5 Å². The van der Waals surface area contributed by atoms with Gasteiger partial charge in [-0.25, -0.2) is 4.98 Å². The quantitative estimate of drug-likeness (QED) is 0.889. The van der Waals surface area contributed by atoms with Gasteiger partial charge in [0.2, 0.25) is 0 Å². The largest absolute Gasteiger partial charge is 0.383 e. The number of nitrogen functional groups attached to an aromatic ring is 1. The van der Waals surface area contributed by atoms with Gasteiger partial charge in [0.1, 0.15) is 5.82 Å². The minimum atomic E-state index is 0.419. The maximum Gasteiger partial charge on any atom is 0.132 e. The van der Waals surface area contributed by atoms with E-state index in [0.29, 0.717) is 11.7 Å². The van der Waals surface area contributed by atoms with Gasteiger partial charge in [0, 0.05) is 21.9 Å². The van der Waals surface area contributed by atoms with Crippen LogP contribution in [0.3, 0.4) is 0 Å². The maximum absolute atomic E-state index is 5.82. The number of rotatable bonds is 2. The second-order valence-corrected chi connectivity index (χ2v) is 4.87. The van der Waals surface area contributed by atoms with E-state index in [0.717, 1.165) is 21.4 Å². The predicted molar refractivity (Wildman–Crippen MR) is 68.0 cm³/mol. The van der Waals surface area contributed by atoms with E-state index in [-0.39, 0.29) is 0 Å². The molecule has 0 fully saturated rings. The summed E-state index contributed by atoms with van der Waals surface area (Å²) >= 11 is 3.37. The molecule has 0 amide bonds. The summed E-state index contributed by atoms with van der Waals surface area (Å²) in [4.78, 5) is 4.09. The minimum absolute atomic E-state index is 0.419. The molecule has 2 aromatic heterocycles. The lowest BCUT2D eigenvalue weighted by molar-refractivity contribution is 0.811. The Morgan fingerprint density at radius 2 is 2.12 bits per heavy atom. The van der Waals surface area contributed by atoms with Gasteiger partial charge in [-0.05, 0) is 34.0 Å². The number of halogens is 1. The second-order valence-electron chi connectivity index (χ2n) is 3.95. The zero-order valence-electron chi connectivity index (χ0n) is 9.16. The molecule has 3 N–H and O–H groups in total. The Morgan fingerprint density at radius 1 is 1.38 bits per heavy atom. The van der Waals surface area contributed by atoms with Crippen LogP contribution in [0.4, 0.5) is 5.82 Å². The van der Waals surface area contributed by atoms with E-state index in [1.807, 2.05) is 12.1 Å². The number of H-pyrrole nitrogens is 1. The highest BCUT2D eigenvalue weighted by Gasteiger charge is 2.10. The summed E-state index contributed by atoms with van der Waals surface area (Å²) in [5.74, 6) is 0.910. The highest BCUT2D eigenvalue weighted by atomic mass is 79.9. The van der Waals surface area contributed by atoms with Crippen LogP contribution in [0, 0.1) is 0 Å². The van der Waals surface area contributed by atoms with Gasteiger partial charge in [0.05, 0.1) is 5.69 Å². The summed E-state index contributed by atoms with van der Waals surface area (Å²) < 4.78 is 0.894. The molecule has 4 nitrogen and oxygen atoms in total. The Hall–Kier alpha value is -1.36. The summed E-state index contributed by atoms with van der Waals surface area (Å²) in [5, 5.41) is 7.25. The maximum atomic E-state index is 5.82. The van der Waals surface area contributed by atoms with E-state index < -0.39 is 0 Å². The van der Waals surface area contributed by atoms with Crippen LogP contribution in [0.15, 0.2) is 22.8 Å². The molecule has 0 aromatic carbocycles. The molecule has 16 heavy (non-hydrogen) atoms. The van der Waals surface area contributed by atoms with Gasteiger partial charge in [0.25, 0.3) is 0 Å². The smallest absolute Gasteiger partial charge is 0.132 e. The standard InChI is InChI=1S/C11H13BrN4/c1-6(2)9-4-10(16-15-9)8-3-7(12)5-14-11(8)13/h3-6H,1-2H3,(H2,13,14)(H,15,16). The topological polar surface area (TPSA) is 67.6 Å². The zero-order valence-corrected chi connectivity index (χ0v) is 10.7. The van der Waals surface area contributed by atoms with Crippen LogP contribution in [0.5, 0.6) is 0 Å². The van der Waals surface area contributed by atoms with Crippen molar-refractivity contribution in [2.24, 2.45) is 0 Å². The average molecular weight is 281 g/mol. The van der Waals surface area contributed by atoms with Gasteiger partial charge < -0.3 is 5.73 Å². The molecule has 0 atom stereocenters. The highest BCUT2D eigenvalue weighted by Crippen LogP contribution is 2.27. The molecule has 2 aromatic rings. The van der Waals surface area contributed by atoms with E-state index >= 15 is 0 Å². The molecule has 0 bridgehead atoms. The number of hydrogen-bond donors (Lipinski definition) is 2. The Balaban J connectivity index is 2.46. The number of aromatic nitrogens is 3. The van der Waals surface area contributed by atoms with Gasteiger partial charge in [-0.2, -0.15) is 5.10 Å². The van der Waals surface area contributed by atoms with Crippen molar-refractivity contribution < 1.29 is 0 Å². The number of anilines is 1. The molecular weight excluding hydrogens is 268 g/mol. The Kier molecular flexibility index (Phi) is 2.96. The number of nitrogens with one attached hydrogen (secondary N) is 1. The van der Waals surface area contributed by atoms with Crippen LogP contribution >= 0.6 is 15.9 Å². The molecule has 84 valence electrons. The summed E-state index contributed by atoms with van der Waals surface area (Å²) in [5.41, 5.74) is 8.59. The molecule has 0 aliphatic rings. The van der Waals surface area contributed by atoms with Crippen molar-refractivity contribution in [3.63, 3.8) is 0 Å². The normalized spacial score (nSPS) is 11.0. The van der Waals surface area contributed by atoms with Crippen molar-refractivity contribution in [3.8, 4) is 11.3 Å². The molecule has 0 aliphatic heterocycles. The van der Waals surface area contributed by atoms with E-state index in [4.69, 9.17) is 5.73 Å². The van der Waals surface area contributed by atoms with E-state index in [9.17, 15) is 0 Å². The first-order valence-corrected chi connectivity index (χ1v) is 5.84. The molecule has 2 rings (SSSR count). The van der Waals surface area contributed by atoms with Crippen LogP contribution in [0.2, 0.25) is 0 Å². The SMILES string of the molecule is CC(C)c1cc(-c2cc(Br)cnc2N)n[nH]1. The summed E-state index contributed by atoms with van der Waals surface area (Å²) in [6.07, 6.45) is 1.68. The first-order valence-electron chi connectivity index (χ1n) is 5.04. The Labute approximate surface area is 102 Å². The predicted octanol–water partition coefficient (Wildman–Crippen LogP) is 2.94. The Bertz CT molecular complexity index is 504. The van der Waals surface area contributed by atoms with Crippen LogP contribution in [-0.2, 0) is 0 Å². The number of aromatic amines is 1.